The molecule has 0 aliphatic carbocycles. The number of rotatable bonds is 5. The minimum atomic E-state index is -3.47. The summed E-state index contributed by atoms with van der Waals surface area (Å²) in [4.78, 5) is 12.6. The average molecular weight is 407 g/mol. The SMILES string of the molecule is Cc1ccccc1CS(=O)(=O)N1CCC[C@H](C(=O)Nc2cccc(Cl)c2)C1. The third kappa shape index (κ3) is 5.09. The molecular formula is C20H23ClN2O3S. The molecule has 0 saturated carbocycles. The van der Waals surface area contributed by atoms with Crippen molar-refractivity contribution in [1.82, 2.24) is 4.31 Å². The van der Waals surface area contributed by atoms with E-state index in [1.54, 1.807) is 24.3 Å². The van der Waals surface area contributed by atoms with E-state index in [1.165, 1.54) is 4.31 Å². The second-order valence-electron chi connectivity index (χ2n) is 6.88. The number of nitrogens with zero attached hydrogens (tertiary/aromatic N) is 1. The highest BCUT2D eigenvalue weighted by atomic mass is 35.5. The molecule has 1 saturated heterocycles. The summed E-state index contributed by atoms with van der Waals surface area (Å²) in [6, 6.07) is 14.4. The van der Waals surface area contributed by atoms with Gasteiger partial charge < -0.3 is 5.32 Å². The summed E-state index contributed by atoms with van der Waals surface area (Å²) in [5.74, 6) is -0.583. The fourth-order valence-corrected chi connectivity index (χ4v) is 5.18. The number of nitrogens with one attached hydrogen (secondary N) is 1. The molecule has 1 aliphatic rings. The summed E-state index contributed by atoms with van der Waals surface area (Å²) in [5, 5.41) is 3.38. The first-order valence-corrected chi connectivity index (χ1v) is 10.9. The molecular weight excluding hydrogens is 384 g/mol. The Morgan fingerprint density at radius 3 is 2.74 bits per heavy atom. The summed E-state index contributed by atoms with van der Waals surface area (Å²) in [6.07, 6.45) is 1.34. The number of anilines is 1. The van der Waals surface area contributed by atoms with E-state index in [4.69, 9.17) is 11.6 Å². The molecule has 1 atom stereocenters. The number of aryl methyl sites for hydroxylation is 1. The van der Waals surface area contributed by atoms with Gasteiger partial charge in [0, 0.05) is 23.8 Å². The van der Waals surface area contributed by atoms with Crippen LogP contribution in [0.2, 0.25) is 5.02 Å². The zero-order valence-electron chi connectivity index (χ0n) is 15.2. The molecule has 0 unspecified atom stereocenters. The van der Waals surface area contributed by atoms with E-state index < -0.39 is 10.0 Å². The second-order valence-corrected chi connectivity index (χ2v) is 9.28. The zero-order chi connectivity index (χ0) is 19.4. The van der Waals surface area contributed by atoms with Crippen molar-refractivity contribution in [2.75, 3.05) is 18.4 Å². The maximum Gasteiger partial charge on any atom is 0.228 e. The molecule has 1 amide bonds. The maximum atomic E-state index is 12.9. The number of benzene rings is 2. The summed E-state index contributed by atoms with van der Waals surface area (Å²) >= 11 is 5.95. The van der Waals surface area contributed by atoms with E-state index in [0.717, 1.165) is 11.1 Å². The first-order valence-electron chi connectivity index (χ1n) is 8.94. The van der Waals surface area contributed by atoms with Gasteiger partial charge in [-0.2, -0.15) is 0 Å². The van der Waals surface area contributed by atoms with Crippen LogP contribution in [0.1, 0.15) is 24.0 Å². The molecule has 0 aromatic heterocycles. The van der Waals surface area contributed by atoms with E-state index >= 15 is 0 Å². The lowest BCUT2D eigenvalue weighted by molar-refractivity contribution is -0.120. The molecule has 7 heteroatoms. The van der Waals surface area contributed by atoms with Crippen molar-refractivity contribution in [3.63, 3.8) is 0 Å². The van der Waals surface area contributed by atoms with Crippen LogP contribution in [-0.4, -0.2) is 31.7 Å². The Morgan fingerprint density at radius 1 is 1.22 bits per heavy atom. The lowest BCUT2D eigenvalue weighted by Gasteiger charge is -2.31. The molecule has 27 heavy (non-hydrogen) atoms. The molecule has 5 nitrogen and oxygen atoms in total. The fraction of sp³-hybridized carbons (Fsp3) is 0.350. The summed E-state index contributed by atoms with van der Waals surface area (Å²) in [7, 11) is -3.47. The van der Waals surface area contributed by atoms with Crippen LogP contribution >= 0.6 is 11.6 Å². The van der Waals surface area contributed by atoms with Gasteiger partial charge in [0.15, 0.2) is 0 Å². The molecule has 1 N–H and O–H groups in total. The molecule has 144 valence electrons. The van der Waals surface area contributed by atoms with Gasteiger partial charge in [0.05, 0.1) is 11.7 Å². The molecule has 3 rings (SSSR count). The van der Waals surface area contributed by atoms with Crippen molar-refractivity contribution in [3.05, 3.63) is 64.7 Å². The molecule has 0 radical (unpaired) electrons. The van der Waals surface area contributed by atoms with Crippen LogP contribution in [0.25, 0.3) is 0 Å². The lowest BCUT2D eigenvalue weighted by Crippen LogP contribution is -2.44. The number of amides is 1. The van der Waals surface area contributed by atoms with Crippen LogP contribution in [0, 0.1) is 12.8 Å². The van der Waals surface area contributed by atoms with Crippen molar-refractivity contribution in [2.45, 2.75) is 25.5 Å². The van der Waals surface area contributed by atoms with E-state index in [1.807, 2.05) is 31.2 Å². The Balaban J connectivity index is 1.68. The normalized spacial score (nSPS) is 18.2. The Labute approximate surface area is 165 Å². The van der Waals surface area contributed by atoms with Gasteiger partial charge in [0.2, 0.25) is 15.9 Å². The molecule has 2 aromatic rings. The topological polar surface area (TPSA) is 66.5 Å². The van der Waals surface area contributed by atoms with Gasteiger partial charge in [-0.25, -0.2) is 12.7 Å². The van der Waals surface area contributed by atoms with E-state index in [-0.39, 0.29) is 24.1 Å². The Morgan fingerprint density at radius 2 is 2.00 bits per heavy atom. The molecule has 2 aromatic carbocycles. The van der Waals surface area contributed by atoms with Crippen LogP contribution < -0.4 is 5.32 Å². The fourth-order valence-electron chi connectivity index (χ4n) is 3.28. The van der Waals surface area contributed by atoms with E-state index in [9.17, 15) is 13.2 Å². The van der Waals surface area contributed by atoms with Crippen molar-refractivity contribution in [2.24, 2.45) is 5.92 Å². The number of piperidine rings is 1. The van der Waals surface area contributed by atoms with Gasteiger partial charge >= 0.3 is 0 Å². The van der Waals surface area contributed by atoms with Gasteiger partial charge in [-0.15, -0.1) is 0 Å². The van der Waals surface area contributed by atoms with Crippen molar-refractivity contribution in [1.29, 1.82) is 0 Å². The van der Waals surface area contributed by atoms with Crippen LogP contribution in [0.15, 0.2) is 48.5 Å². The number of carbonyl (C=O) groups excluding carboxylic acids is 1. The number of hydrogen-bond acceptors (Lipinski definition) is 3. The van der Waals surface area contributed by atoms with Gasteiger partial charge in [-0.05, 0) is 49.1 Å². The highest BCUT2D eigenvalue weighted by Crippen LogP contribution is 2.24. The highest BCUT2D eigenvalue weighted by Gasteiger charge is 2.32. The Hall–Kier alpha value is -1.89. The summed E-state index contributed by atoms with van der Waals surface area (Å²) in [5.41, 5.74) is 2.36. The van der Waals surface area contributed by atoms with Gasteiger partial charge in [0.25, 0.3) is 0 Å². The Bertz CT molecular complexity index is 930. The third-order valence-corrected chi connectivity index (χ3v) is 6.87. The Kier molecular flexibility index (Phi) is 6.19. The number of halogens is 1. The monoisotopic (exact) mass is 406 g/mol. The summed E-state index contributed by atoms with van der Waals surface area (Å²) in [6.45, 7) is 2.57. The van der Waals surface area contributed by atoms with Crippen molar-refractivity contribution < 1.29 is 13.2 Å². The molecule has 1 heterocycles. The van der Waals surface area contributed by atoms with Gasteiger partial charge in [-0.3, -0.25) is 4.79 Å². The van der Waals surface area contributed by atoms with Gasteiger partial charge in [0.1, 0.15) is 0 Å². The second kappa shape index (κ2) is 8.42. The first kappa shape index (κ1) is 19.9. The smallest absolute Gasteiger partial charge is 0.228 e. The minimum Gasteiger partial charge on any atom is -0.326 e. The summed E-state index contributed by atoms with van der Waals surface area (Å²) < 4.78 is 27.2. The minimum absolute atomic E-state index is 0.0394. The first-order chi connectivity index (χ1) is 12.8. The van der Waals surface area contributed by atoms with Crippen LogP contribution in [0.5, 0.6) is 0 Å². The third-order valence-electron chi connectivity index (χ3n) is 4.84. The largest absolute Gasteiger partial charge is 0.326 e. The van der Waals surface area contributed by atoms with Crippen LogP contribution in [0.4, 0.5) is 5.69 Å². The molecule has 1 aliphatic heterocycles. The predicted molar refractivity (Wildman–Crippen MR) is 108 cm³/mol. The average Bonchev–Trinajstić information content (AvgIpc) is 2.64. The van der Waals surface area contributed by atoms with Crippen LogP contribution in [-0.2, 0) is 20.6 Å². The lowest BCUT2D eigenvalue weighted by atomic mass is 9.99. The zero-order valence-corrected chi connectivity index (χ0v) is 16.8. The van der Waals surface area contributed by atoms with Crippen LogP contribution in [0.3, 0.4) is 0 Å². The van der Waals surface area contributed by atoms with Crippen molar-refractivity contribution in [3.8, 4) is 0 Å². The van der Waals surface area contributed by atoms with E-state index in [0.29, 0.717) is 30.1 Å². The predicted octanol–water partition coefficient (Wildman–Crippen LogP) is 3.83. The quantitative estimate of drug-likeness (QED) is 0.820. The number of sulfonamides is 1. The maximum absolute atomic E-state index is 12.9. The van der Waals surface area contributed by atoms with Gasteiger partial charge in [-0.1, -0.05) is 41.9 Å². The molecule has 1 fully saturated rings. The van der Waals surface area contributed by atoms with E-state index in [2.05, 4.69) is 5.32 Å². The highest BCUT2D eigenvalue weighted by molar-refractivity contribution is 7.88. The standard InChI is InChI=1S/C20H23ClN2O3S/c1-15-6-2-3-7-17(15)14-27(25,26)23-11-5-8-16(13-23)20(24)22-19-10-4-9-18(21)12-19/h2-4,6-7,9-10,12,16H,5,8,11,13-14H2,1H3,(H,22,24)/t16-/m0/s1. The number of hydrogen-bond donors (Lipinski definition) is 1. The molecule has 0 bridgehead atoms. The van der Waals surface area contributed by atoms with Crippen molar-refractivity contribution >= 4 is 33.2 Å². The molecule has 0 spiro atoms. The number of carbonyl (C=O) groups is 1.